The normalized spacial score (nSPS) is 10.8. The summed E-state index contributed by atoms with van der Waals surface area (Å²) in [5.74, 6) is 0.369. The molecule has 0 unspecified atom stereocenters. The highest BCUT2D eigenvalue weighted by atomic mass is 32.1. The maximum Gasteiger partial charge on any atom is 0.337 e. The smallest absolute Gasteiger partial charge is 0.337 e. The standard InChI is InChI=1S/C23H22N4O4S/c1-14-16(23(28)29)11-19(18-13-32-22(26-18)17-12-24-7-8-25-17)27(14)9-6-15-4-5-20(30-2)21(10-15)31-3/h4-5,7-8,10-13H,6,9H2,1-3H3,(H,28,29). The van der Waals surface area contributed by atoms with Crippen molar-refractivity contribution in [1.82, 2.24) is 19.5 Å². The van der Waals surface area contributed by atoms with E-state index < -0.39 is 5.97 Å². The van der Waals surface area contributed by atoms with E-state index in [-0.39, 0.29) is 5.56 Å². The second-order valence-corrected chi connectivity index (χ2v) is 7.91. The lowest BCUT2D eigenvalue weighted by Crippen LogP contribution is -2.07. The van der Waals surface area contributed by atoms with Crippen molar-refractivity contribution >= 4 is 17.3 Å². The van der Waals surface area contributed by atoms with Crippen LogP contribution in [0.25, 0.3) is 22.1 Å². The zero-order valence-electron chi connectivity index (χ0n) is 17.9. The summed E-state index contributed by atoms with van der Waals surface area (Å²) in [4.78, 5) is 24.9. The maximum atomic E-state index is 11.8. The minimum atomic E-state index is -0.960. The lowest BCUT2D eigenvalue weighted by atomic mass is 10.1. The van der Waals surface area contributed by atoms with Crippen molar-refractivity contribution in [2.45, 2.75) is 19.9 Å². The van der Waals surface area contributed by atoms with Crippen LogP contribution in [0.5, 0.6) is 11.5 Å². The number of benzene rings is 1. The molecule has 1 N–H and O–H groups in total. The van der Waals surface area contributed by atoms with Gasteiger partial charge >= 0.3 is 5.97 Å². The van der Waals surface area contributed by atoms with Gasteiger partial charge in [0.2, 0.25) is 0 Å². The Hall–Kier alpha value is -3.72. The molecule has 0 bridgehead atoms. The number of rotatable bonds is 8. The zero-order chi connectivity index (χ0) is 22.7. The van der Waals surface area contributed by atoms with E-state index >= 15 is 0 Å². The summed E-state index contributed by atoms with van der Waals surface area (Å²) in [6.45, 7) is 2.40. The molecule has 3 heterocycles. The van der Waals surface area contributed by atoms with Gasteiger partial charge in [0.1, 0.15) is 10.7 Å². The average Bonchev–Trinajstić information content (AvgIpc) is 3.43. The first-order valence-electron chi connectivity index (χ1n) is 9.88. The molecule has 0 saturated carbocycles. The van der Waals surface area contributed by atoms with E-state index in [1.54, 1.807) is 38.9 Å². The van der Waals surface area contributed by atoms with E-state index in [4.69, 9.17) is 14.5 Å². The summed E-state index contributed by atoms with van der Waals surface area (Å²) in [7, 11) is 3.20. The predicted octanol–water partition coefficient (Wildman–Crippen LogP) is 4.34. The van der Waals surface area contributed by atoms with E-state index in [9.17, 15) is 9.90 Å². The molecular formula is C23H22N4O4S. The second-order valence-electron chi connectivity index (χ2n) is 7.05. The van der Waals surface area contributed by atoms with E-state index in [1.807, 2.05) is 35.1 Å². The van der Waals surface area contributed by atoms with Gasteiger partial charge < -0.3 is 19.1 Å². The first kappa shape index (κ1) is 21.5. The van der Waals surface area contributed by atoms with Crippen LogP contribution in [0.2, 0.25) is 0 Å². The molecule has 8 nitrogen and oxygen atoms in total. The van der Waals surface area contributed by atoms with Gasteiger partial charge in [0.25, 0.3) is 0 Å². The van der Waals surface area contributed by atoms with Gasteiger partial charge in [0, 0.05) is 30.0 Å². The number of ether oxygens (including phenoxy) is 2. The van der Waals surface area contributed by atoms with E-state index in [2.05, 4.69) is 9.97 Å². The molecule has 0 aliphatic carbocycles. The van der Waals surface area contributed by atoms with Crippen molar-refractivity contribution in [3.8, 4) is 33.6 Å². The van der Waals surface area contributed by atoms with Gasteiger partial charge in [0.15, 0.2) is 11.5 Å². The second kappa shape index (κ2) is 9.19. The first-order chi connectivity index (χ1) is 15.5. The fourth-order valence-electron chi connectivity index (χ4n) is 3.56. The Kier molecular flexibility index (Phi) is 6.18. The molecule has 0 saturated heterocycles. The van der Waals surface area contributed by atoms with Crippen molar-refractivity contribution in [3.05, 3.63) is 65.1 Å². The van der Waals surface area contributed by atoms with E-state index in [0.29, 0.717) is 41.5 Å². The Morgan fingerprint density at radius 1 is 1.12 bits per heavy atom. The molecule has 0 amide bonds. The molecule has 3 aromatic heterocycles. The number of carboxylic acids is 1. The fraction of sp³-hybridized carbons (Fsp3) is 0.217. The molecule has 0 atom stereocenters. The van der Waals surface area contributed by atoms with Gasteiger partial charge in [-0.1, -0.05) is 6.07 Å². The zero-order valence-corrected chi connectivity index (χ0v) is 18.7. The topological polar surface area (TPSA) is 99.4 Å². The van der Waals surface area contributed by atoms with E-state index in [0.717, 1.165) is 16.3 Å². The summed E-state index contributed by atoms with van der Waals surface area (Å²) < 4.78 is 12.7. The van der Waals surface area contributed by atoms with Crippen molar-refractivity contribution < 1.29 is 19.4 Å². The van der Waals surface area contributed by atoms with Gasteiger partial charge in [-0.2, -0.15) is 0 Å². The van der Waals surface area contributed by atoms with Crippen molar-refractivity contribution in [2.24, 2.45) is 0 Å². The van der Waals surface area contributed by atoms with Crippen molar-refractivity contribution in [1.29, 1.82) is 0 Å². The number of aryl methyl sites for hydroxylation is 1. The van der Waals surface area contributed by atoms with Crippen LogP contribution >= 0.6 is 11.3 Å². The van der Waals surface area contributed by atoms with Crippen LogP contribution in [-0.2, 0) is 13.0 Å². The summed E-state index contributed by atoms with van der Waals surface area (Å²) in [6.07, 6.45) is 5.57. The molecule has 1 aromatic carbocycles. The Morgan fingerprint density at radius 2 is 1.94 bits per heavy atom. The average molecular weight is 451 g/mol. The number of thiazole rings is 1. The van der Waals surface area contributed by atoms with Crippen LogP contribution < -0.4 is 9.47 Å². The van der Waals surface area contributed by atoms with Gasteiger partial charge in [-0.15, -0.1) is 11.3 Å². The predicted molar refractivity (Wildman–Crippen MR) is 122 cm³/mol. The minimum Gasteiger partial charge on any atom is -0.493 e. The van der Waals surface area contributed by atoms with Crippen LogP contribution in [0, 0.1) is 6.92 Å². The molecule has 0 fully saturated rings. The van der Waals surface area contributed by atoms with Gasteiger partial charge in [-0.25, -0.2) is 9.78 Å². The van der Waals surface area contributed by atoms with Crippen molar-refractivity contribution in [2.75, 3.05) is 14.2 Å². The highest BCUT2D eigenvalue weighted by molar-refractivity contribution is 7.13. The molecule has 164 valence electrons. The highest BCUT2D eigenvalue weighted by Crippen LogP contribution is 2.32. The molecule has 0 radical (unpaired) electrons. The van der Waals surface area contributed by atoms with Gasteiger partial charge in [0.05, 0.1) is 37.4 Å². The third kappa shape index (κ3) is 4.19. The van der Waals surface area contributed by atoms with Crippen LogP contribution in [0.4, 0.5) is 0 Å². The first-order valence-corrected chi connectivity index (χ1v) is 10.8. The largest absolute Gasteiger partial charge is 0.493 e. The van der Waals surface area contributed by atoms with Crippen LogP contribution in [0.1, 0.15) is 21.6 Å². The third-order valence-corrected chi connectivity index (χ3v) is 6.08. The SMILES string of the molecule is COc1ccc(CCn2c(-c3csc(-c4cnccn4)n3)cc(C(=O)O)c2C)cc1OC. The number of hydrogen-bond donors (Lipinski definition) is 1. The molecular weight excluding hydrogens is 428 g/mol. The molecule has 4 aromatic rings. The summed E-state index contributed by atoms with van der Waals surface area (Å²) in [5, 5.41) is 12.3. The fourth-order valence-corrected chi connectivity index (χ4v) is 4.33. The number of aromatic nitrogens is 4. The third-order valence-electron chi connectivity index (χ3n) is 5.22. The Bertz CT molecular complexity index is 1250. The molecule has 32 heavy (non-hydrogen) atoms. The van der Waals surface area contributed by atoms with Crippen LogP contribution in [0.15, 0.2) is 48.2 Å². The number of carbonyl (C=O) groups is 1. The summed E-state index contributed by atoms with van der Waals surface area (Å²) >= 11 is 1.45. The lowest BCUT2D eigenvalue weighted by molar-refractivity contribution is 0.0696. The number of nitrogens with zero attached hydrogens (tertiary/aromatic N) is 4. The van der Waals surface area contributed by atoms with Crippen molar-refractivity contribution in [3.63, 3.8) is 0 Å². The van der Waals surface area contributed by atoms with Gasteiger partial charge in [-0.3, -0.25) is 9.97 Å². The number of hydrogen-bond acceptors (Lipinski definition) is 7. The van der Waals surface area contributed by atoms with E-state index in [1.165, 1.54) is 11.3 Å². The molecule has 0 aliphatic heterocycles. The molecule has 4 rings (SSSR count). The number of aromatic carboxylic acids is 1. The molecule has 0 spiro atoms. The molecule has 0 aliphatic rings. The Balaban J connectivity index is 1.67. The Labute approximate surface area is 189 Å². The monoisotopic (exact) mass is 450 g/mol. The highest BCUT2D eigenvalue weighted by Gasteiger charge is 2.20. The maximum absolute atomic E-state index is 11.8. The quantitative estimate of drug-likeness (QED) is 0.426. The number of carboxylic acid groups (broad SMARTS) is 1. The summed E-state index contributed by atoms with van der Waals surface area (Å²) in [6, 6.07) is 7.47. The van der Waals surface area contributed by atoms with Gasteiger partial charge in [-0.05, 0) is 37.1 Å². The molecule has 9 heteroatoms. The Morgan fingerprint density at radius 3 is 2.62 bits per heavy atom. The lowest BCUT2D eigenvalue weighted by Gasteiger charge is -2.13. The van der Waals surface area contributed by atoms with Crippen LogP contribution in [0.3, 0.4) is 0 Å². The minimum absolute atomic E-state index is 0.265. The summed E-state index contributed by atoms with van der Waals surface area (Å²) in [5.41, 5.74) is 4.15. The van der Waals surface area contributed by atoms with Crippen LogP contribution in [-0.4, -0.2) is 44.8 Å². The number of methoxy groups -OCH3 is 2.